The summed E-state index contributed by atoms with van der Waals surface area (Å²) in [6, 6.07) is 9.82. The number of pyridine rings is 1. The Labute approximate surface area is 268 Å². The number of piperazine rings is 1. The largest absolute Gasteiger partial charge is 0.461 e. The minimum Gasteiger partial charge on any atom is -0.461 e. The van der Waals surface area contributed by atoms with Gasteiger partial charge in [0.2, 0.25) is 0 Å². The topological polar surface area (TPSA) is 66.4 Å². The summed E-state index contributed by atoms with van der Waals surface area (Å²) in [6.45, 7) is 6.22. The number of nitrogens with zero attached hydrogens (tertiary/aromatic N) is 5. The Morgan fingerprint density at radius 1 is 1.00 bits per heavy atom. The molecule has 4 saturated heterocycles. The molecule has 44 heavy (non-hydrogen) atoms. The average Bonchev–Trinajstić information content (AvgIpc) is 3.69. The molecule has 4 aliphatic heterocycles. The molecule has 0 spiro atoms. The van der Waals surface area contributed by atoms with Gasteiger partial charge < -0.3 is 15.0 Å². The molecule has 0 radical (unpaired) electrons. The molecule has 2 bridgehead atoms. The number of fused-ring (bicyclic) bond motifs is 5. The number of anilines is 1. The number of aryl methyl sites for hydroxylation is 1. The molecule has 11 heteroatoms. The normalized spacial score (nSPS) is 22.2. The average molecular weight is 644 g/mol. The van der Waals surface area contributed by atoms with Crippen molar-refractivity contribution in [1.82, 2.24) is 25.2 Å². The molecule has 6 heterocycles. The fourth-order valence-corrected chi connectivity index (χ4v) is 8.12. The molecule has 4 aromatic rings. The van der Waals surface area contributed by atoms with Crippen LogP contribution < -0.4 is 15.0 Å². The van der Waals surface area contributed by atoms with Crippen molar-refractivity contribution in [2.45, 2.75) is 69.5 Å². The van der Waals surface area contributed by atoms with Gasteiger partial charge in [0.1, 0.15) is 29.5 Å². The van der Waals surface area contributed by atoms with E-state index in [1.54, 1.807) is 12.3 Å². The van der Waals surface area contributed by atoms with Crippen LogP contribution in [0, 0.1) is 11.6 Å². The lowest BCUT2D eigenvalue weighted by molar-refractivity contribution is 0.108. The molecule has 0 unspecified atom stereocenters. The van der Waals surface area contributed by atoms with Gasteiger partial charge in [0, 0.05) is 36.9 Å². The number of hydrogen-bond acceptors (Lipinski definition) is 7. The van der Waals surface area contributed by atoms with Crippen molar-refractivity contribution >= 4 is 52.3 Å². The SMILES string of the molecule is CCc1c(F)ccc2cccc(-c3ncc4c(N5C[C@H]6CC[C@@H](C5)N6)nc(OCC56CCCN5CCC6)nc4c3F)c12.Cl.Cl. The first-order chi connectivity index (χ1) is 20.5. The number of halogens is 4. The van der Waals surface area contributed by atoms with Crippen molar-refractivity contribution in [1.29, 1.82) is 0 Å². The van der Waals surface area contributed by atoms with Crippen molar-refractivity contribution in [3.8, 4) is 17.3 Å². The highest BCUT2D eigenvalue weighted by Gasteiger charge is 2.45. The highest BCUT2D eigenvalue weighted by atomic mass is 35.5. The number of benzene rings is 2. The molecule has 8 rings (SSSR count). The lowest BCUT2D eigenvalue weighted by Gasteiger charge is -2.34. The minimum absolute atomic E-state index is 0. The van der Waals surface area contributed by atoms with Gasteiger partial charge in [0.05, 0.1) is 10.9 Å². The fraction of sp³-hybridized carbons (Fsp3) is 0.485. The van der Waals surface area contributed by atoms with Crippen LogP contribution in [0.2, 0.25) is 0 Å². The smallest absolute Gasteiger partial charge is 0.319 e. The molecule has 7 nitrogen and oxygen atoms in total. The van der Waals surface area contributed by atoms with Crippen molar-refractivity contribution in [2.75, 3.05) is 37.7 Å². The Morgan fingerprint density at radius 3 is 2.48 bits per heavy atom. The number of ether oxygens (including phenoxy) is 1. The molecule has 4 aliphatic rings. The van der Waals surface area contributed by atoms with Gasteiger partial charge in [-0.15, -0.1) is 24.8 Å². The first-order valence-electron chi connectivity index (χ1n) is 15.5. The maximum Gasteiger partial charge on any atom is 0.319 e. The third-order valence-corrected chi connectivity index (χ3v) is 10.1. The van der Waals surface area contributed by atoms with Crippen LogP contribution in [0.15, 0.2) is 36.5 Å². The van der Waals surface area contributed by atoms with Crippen LogP contribution in [-0.4, -0.2) is 70.3 Å². The van der Waals surface area contributed by atoms with E-state index < -0.39 is 5.82 Å². The summed E-state index contributed by atoms with van der Waals surface area (Å²) < 4.78 is 38.0. The molecule has 234 valence electrons. The summed E-state index contributed by atoms with van der Waals surface area (Å²) in [4.78, 5) is 19.1. The second-order valence-electron chi connectivity index (χ2n) is 12.5. The summed E-state index contributed by atoms with van der Waals surface area (Å²) in [5.74, 6) is -0.143. The lowest BCUT2D eigenvalue weighted by Crippen LogP contribution is -2.51. The quantitative estimate of drug-likeness (QED) is 0.258. The van der Waals surface area contributed by atoms with Crippen molar-refractivity contribution in [3.63, 3.8) is 0 Å². The van der Waals surface area contributed by atoms with Gasteiger partial charge in [0.25, 0.3) is 0 Å². The van der Waals surface area contributed by atoms with E-state index in [0.717, 1.165) is 57.2 Å². The van der Waals surface area contributed by atoms with Gasteiger partial charge in [-0.05, 0) is 80.4 Å². The van der Waals surface area contributed by atoms with E-state index in [4.69, 9.17) is 14.7 Å². The first-order valence-corrected chi connectivity index (χ1v) is 15.5. The maximum absolute atomic E-state index is 16.7. The van der Waals surface area contributed by atoms with E-state index in [1.807, 2.05) is 25.1 Å². The second kappa shape index (κ2) is 12.2. The Bertz CT molecular complexity index is 1680. The van der Waals surface area contributed by atoms with Gasteiger partial charge in [-0.25, -0.2) is 8.78 Å². The summed E-state index contributed by atoms with van der Waals surface area (Å²) in [5, 5.41) is 5.79. The Kier molecular flexibility index (Phi) is 8.60. The Morgan fingerprint density at radius 2 is 1.75 bits per heavy atom. The van der Waals surface area contributed by atoms with Crippen molar-refractivity contribution in [3.05, 3.63) is 53.7 Å². The summed E-state index contributed by atoms with van der Waals surface area (Å²) in [6.07, 6.45) is 8.99. The molecule has 2 aromatic heterocycles. The van der Waals surface area contributed by atoms with Crippen LogP contribution in [0.5, 0.6) is 6.01 Å². The zero-order valence-corrected chi connectivity index (χ0v) is 26.5. The lowest BCUT2D eigenvalue weighted by atomic mass is 9.95. The summed E-state index contributed by atoms with van der Waals surface area (Å²) >= 11 is 0. The Balaban J connectivity index is 0.00000171. The maximum atomic E-state index is 16.7. The van der Waals surface area contributed by atoms with Crippen LogP contribution in [0.4, 0.5) is 14.6 Å². The zero-order chi connectivity index (χ0) is 28.4. The molecular weight excluding hydrogens is 605 g/mol. The van der Waals surface area contributed by atoms with E-state index in [2.05, 4.69) is 20.1 Å². The number of rotatable bonds is 6. The van der Waals surface area contributed by atoms with Crippen molar-refractivity contribution < 1.29 is 13.5 Å². The molecule has 0 amide bonds. The number of aromatic nitrogens is 3. The van der Waals surface area contributed by atoms with E-state index in [9.17, 15) is 4.39 Å². The highest BCUT2D eigenvalue weighted by molar-refractivity contribution is 6.00. The zero-order valence-electron chi connectivity index (χ0n) is 24.8. The van der Waals surface area contributed by atoms with Gasteiger partial charge in [0.15, 0.2) is 5.82 Å². The van der Waals surface area contributed by atoms with E-state index in [0.29, 0.717) is 52.8 Å². The molecule has 0 saturated carbocycles. The summed E-state index contributed by atoms with van der Waals surface area (Å²) in [7, 11) is 0. The van der Waals surface area contributed by atoms with Gasteiger partial charge in [-0.2, -0.15) is 9.97 Å². The molecule has 0 aliphatic carbocycles. The Hall–Kier alpha value is -2.85. The highest BCUT2D eigenvalue weighted by Crippen LogP contribution is 2.40. The monoisotopic (exact) mass is 642 g/mol. The number of hydrogen-bond donors (Lipinski definition) is 1. The van der Waals surface area contributed by atoms with E-state index >= 15 is 4.39 Å². The standard InChI is InChI=1S/C33H36F2N6O.2ClH/c1-2-23-26(34)11-8-20-6-3-7-24(27(20)23)29-28(35)30-25(16-36-29)31(40-17-21-9-10-22(18-40)37-21)39-32(38-30)42-19-33-12-4-14-41(33)15-5-13-33;;/h3,6-8,11,16,21-22,37H,2,4-5,9-10,12-15,17-19H2,1H3;2*1H/t21-,22+;;. The molecule has 2 aromatic carbocycles. The first kappa shape index (κ1) is 31.1. The third-order valence-electron chi connectivity index (χ3n) is 10.1. The van der Waals surface area contributed by atoms with Crippen LogP contribution in [-0.2, 0) is 6.42 Å². The molecule has 4 fully saturated rings. The van der Waals surface area contributed by atoms with Gasteiger partial charge in [-0.3, -0.25) is 9.88 Å². The predicted molar refractivity (Wildman–Crippen MR) is 174 cm³/mol. The third kappa shape index (κ3) is 5.06. The molecule has 2 atom stereocenters. The van der Waals surface area contributed by atoms with Gasteiger partial charge >= 0.3 is 6.01 Å². The van der Waals surface area contributed by atoms with Crippen molar-refractivity contribution in [2.24, 2.45) is 0 Å². The van der Waals surface area contributed by atoms with Gasteiger partial charge in [-0.1, -0.05) is 31.2 Å². The molecule has 1 N–H and O–H groups in total. The van der Waals surface area contributed by atoms with Crippen LogP contribution >= 0.6 is 24.8 Å². The van der Waals surface area contributed by atoms with E-state index in [1.165, 1.54) is 18.9 Å². The fourth-order valence-electron chi connectivity index (χ4n) is 8.12. The molecular formula is C33H38Cl2F2N6O. The summed E-state index contributed by atoms with van der Waals surface area (Å²) in [5.41, 5.74) is 1.52. The predicted octanol–water partition coefficient (Wildman–Crippen LogP) is 6.48. The van der Waals surface area contributed by atoms with Crippen LogP contribution in [0.1, 0.15) is 51.0 Å². The minimum atomic E-state index is -0.528. The second-order valence-corrected chi connectivity index (χ2v) is 12.5. The van der Waals surface area contributed by atoms with E-state index in [-0.39, 0.29) is 53.4 Å². The van der Waals surface area contributed by atoms with Crippen LogP contribution in [0.25, 0.3) is 32.9 Å². The number of nitrogens with one attached hydrogen (secondary N) is 1. The van der Waals surface area contributed by atoms with Crippen LogP contribution in [0.3, 0.4) is 0 Å².